The summed E-state index contributed by atoms with van der Waals surface area (Å²) >= 11 is 3.41. The second-order valence-electron chi connectivity index (χ2n) is 33.1. The van der Waals surface area contributed by atoms with Crippen LogP contribution < -0.4 is 58.9 Å². The number of hydrogen-bond donors (Lipinski definition) is 11. The van der Waals surface area contributed by atoms with Crippen molar-refractivity contribution < 1.29 is 17.6 Å². The zero-order valence-electron chi connectivity index (χ0n) is 73.7. The number of halogens is 4. The molecule has 0 bridgehead atoms. The van der Waals surface area contributed by atoms with Crippen molar-refractivity contribution in [3.63, 3.8) is 0 Å². The molecule has 0 amide bonds. The van der Waals surface area contributed by atoms with E-state index in [1.54, 1.807) is 98.9 Å². The average molecular weight is 1750 g/mol. The van der Waals surface area contributed by atoms with Crippen molar-refractivity contribution in [3.05, 3.63) is 282 Å². The molecule has 0 spiro atoms. The Kier molecular flexibility index (Phi) is 29.5. The van der Waals surface area contributed by atoms with E-state index in [1.807, 2.05) is 30.3 Å². The normalized spacial score (nSPS) is 14.7. The van der Waals surface area contributed by atoms with Crippen LogP contribution in [-0.2, 0) is 13.1 Å². The van der Waals surface area contributed by atoms with Gasteiger partial charge in [0.05, 0.1) is 34.2 Å². The molecule has 3 atom stereocenters. The number of benzene rings is 8. The first-order chi connectivity index (χ1) is 61.7. The SMILES string of the molecule is CCC(CC)CNc1nc(Nc2ccc(F)c(C)c2)nc2c(C3=CCNCC3)cccc12.Cc1cc(Nc2nc(N[C@H](C)C3CC3)c3cccc(C4=CCN(C)CC4)c3n2)ccc1F.Cc1cc(Nc2nc(N[C@H](C)c3cccs3)c3cccc(CN)c3n2)ccc1F.Cc1cccc(CNc2nc(N[C@H](C)c3cccs3)c3cccc(C4=CCNCC4)c3n2)c1F. The van der Waals surface area contributed by atoms with Crippen LogP contribution in [0, 0.1) is 62.8 Å². The van der Waals surface area contributed by atoms with E-state index in [4.69, 9.17) is 45.6 Å². The van der Waals surface area contributed by atoms with E-state index in [0.717, 1.165) is 179 Å². The number of aryl methyl sites for hydroxylation is 4. The van der Waals surface area contributed by atoms with Gasteiger partial charge in [0.25, 0.3) is 0 Å². The summed E-state index contributed by atoms with van der Waals surface area (Å²) in [4.78, 5) is 43.4. The number of fused-ring (bicyclic) bond motifs is 4. The maximum absolute atomic E-state index is 14.6. The minimum Gasteiger partial charge on any atom is -0.369 e. The van der Waals surface area contributed by atoms with Gasteiger partial charge in [-0.05, 0) is 259 Å². The summed E-state index contributed by atoms with van der Waals surface area (Å²) in [5.41, 5.74) is 23.1. The molecule has 6 aromatic heterocycles. The zero-order chi connectivity index (χ0) is 88.6. The predicted octanol–water partition coefficient (Wildman–Crippen LogP) is 23.6. The molecule has 0 saturated heterocycles. The number of aromatic nitrogens is 8. The summed E-state index contributed by atoms with van der Waals surface area (Å²) in [6.45, 7) is 25.1. The van der Waals surface area contributed by atoms with Gasteiger partial charge in [-0.15, -0.1) is 22.7 Å². The highest BCUT2D eigenvalue weighted by molar-refractivity contribution is 7.10. The van der Waals surface area contributed by atoms with Crippen LogP contribution in [-0.4, -0.2) is 104 Å². The van der Waals surface area contributed by atoms with Gasteiger partial charge >= 0.3 is 0 Å². The van der Waals surface area contributed by atoms with Gasteiger partial charge in [0.1, 0.15) is 46.5 Å². The molecule has 20 nitrogen and oxygen atoms in total. The average Bonchev–Trinajstić information content (AvgIpc) is 1.72. The molecule has 1 aliphatic carbocycles. The van der Waals surface area contributed by atoms with Crippen molar-refractivity contribution in [2.45, 2.75) is 138 Å². The molecule has 26 heteroatoms. The standard InChI is InChI=1S/C27H28FN5S.C26H30FN5.C26H32FN5.C22H22FN5S/c1-17-6-3-7-20(24(17)28)16-30-27-32-25-21(19-11-13-29-14-12-19)8-4-9-22(25)26(33-27)31-18(2)23-10-5-15-34-23;1-16-15-20(9-10-23(16)27)29-26-30-24-21(19-11-13-32(3)14-12-19)5-4-6-22(24)25(31-26)28-17(2)18-7-8-18;1-4-18(5-2)16-29-25-22-8-6-7-21(19-11-13-28-14-12-19)24(22)31-26(32-25)30-20-9-10-23(27)17(3)15-20;1-13-11-16(8-9-18(13)23)26-22-27-20-15(12-24)5-3-6-17(20)21(28-22)25-14(2)19-7-4-10-29-19/h3-11,15,18,29H,12-14,16H2,1-2H3,(H2,30,31,32,33);4-6,9-11,15,17-18H,7-8,12-14H2,1-3H3,(H2,28,29,30,31);6-11,15,18,28H,4-5,12-14,16H2,1-3H3,(H2,29,30,31,32);3-11,14H,12,24H2,1-2H3,(H2,25,26,27,28)/t18-;17-;;14-/m11.1/s1. The van der Waals surface area contributed by atoms with Gasteiger partial charge in [0, 0.05) is 122 Å². The maximum Gasteiger partial charge on any atom is 0.229 e. The van der Waals surface area contributed by atoms with E-state index < -0.39 is 0 Å². The molecular weight excluding hydrogens is 1630 g/mol. The predicted molar refractivity (Wildman–Crippen MR) is 520 cm³/mol. The Labute approximate surface area is 748 Å². The number of nitrogens with one attached hydrogen (secondary N) is 10. The van der Waals surface area contributed by atoms with Crippen molar-refractivity contribution in [1.29, 1.82) is 0 Å². The Morgan fingerprint density at radius 1 is 0.457 bits per heavy atom. The fourth-order valence-corrected chi connectivity index (χ4v) is 17.5. The minimum absolute atomic E-state index is 0.0931. The summed E-state index contributed by atoms with van der Waals surface area (Å²) in [6.07, 6.45) is 14.5. The van der Waals surface area contributed by atoms with Gasteiger partial charge in [-0.3, -0.25) is 0 Å². The Hall–Kier alpha value is -12.3. The lowest BCUT2D eigenvalue weighted by molar-refractivity contribution is 0.370. The van der Waals surface area contributed by atoms with Gasteiger partial charge < -0.3 is 63.8 Å². The van der Waals surface area contributed by atoms with Crippen LogP contribution in [0.3, 0.4) is 0 Å². The van der Waals surface area contributed by atoms with Crippen molar-refractivity contribution in [2.75, 3.05) is 95.4 Å². The van der Waals surface area contributed by atoms with Gasteiger partial charge in [0.2, 0.25) is 23.8 Å². The number of nitrogens with zero attached hydrogens (tertiary/aromatic N) is 9. The summed E-state index contributed by atoms with van der Waals surface area (Å²) in [5, 5.41) is 42.2. The van der Waals surface area contributed by atoms with Gasteiger partial charge in [-0.1, -0.05) is 124 Å². The van der Waals surface area contributed by atoms with E-state index >= 15 is 0 Å². The molecule has 18 rings (SSSR count). The van der Waals surface area contributed by atoms with Gasteiger partial charge in [0.15, 0.2) is 0 Å². The molecule has 14 aromatic rings. The van der Waals surface area contributed by atoms with Crippen LogP contribution in [0.4, 0.5) is 81.7 Å². The molecule has 12 N–H and O–H groups in total. The van der Waals surface area contributed by atoms with Crippen LogP contribution in [0.15, 0.2) is 199 Å². The van der Waals surface area contributed by atoms with Crippen molar-refractivity contribution in [3.8, 4) is 0 Å². The highest BCUT2D eigenvalue weighted by atomic mass is 32.1. The second-order valence-corrected chi connectivity index (χ2v) is 35.0. The summed E-state index contributed by atoms with van der Waals surface area (Å²) in [5.74, 6) is 5.56. The maximum atomic E-state index is 14.6. The lowest BCUT2D eigenvalue weighted by Crippen LogP contribution is -2.23. The number of hydrogen-bond acceptors (Lipinski definition) is 22. The topological polar surface area (TPSA) is 253 Å². The molecular formula is C101H112F4N20S2. The molecule has 4 aliphatic rings. The monoisotopic (exact) mass is 1740 g/mol. The molecule has 127 heavy (non-hydrogen) atoms. The van der Waals surface area contributed by atoms with E-state index in [-0.39, 0.29) is 35.4 Å². The van der Waals surface area contributed by atoms with Crippen LogP contribution in [0.5, 0.6) is 0 Å². The lowest BCUT2D eigenvalue weighted by atomic mass is 9.97. The van der Waals surface area contributed by atoms with Crippen LogP contribution >= 0.6 is 22.7 Å². The third-order valence-electron chi connectivity index (χ3n) is 23.8. The Morgan fingerprint density at radius 2 is 0.890 bits per heavy atom. The number of anilines is 11. The third kappa shape index (κ3) is 22.4. The number of nitrogens with two attached hydrogens (primary N) is 1. The summed E-state index contributed by atoms with van der Waals surface area (Å²) in [6, 6.07) is 53.9. The first-order valence-electron chi connectivity index (χ1n) is 44.0. The molecule has 3 aliphatic heterocycles. The molecule has 9 heterocycles. The molecule has 1 fully saturated rings. The fourth-order valence-electron chi connectivity index (χ4n) is 16.0. The Morgan fingerprint density at radius 3 is 1.33 bits per heavy atom. The largest absolute Gasteiger partial charge is 0.369 e. The Balaban J connectivity index is 0.000000131. The summed E-state index contributed by atoms with van der Waals surface area (Å²) in [7, 11) is 2.15. The minimum atomic E-state index is -0.243. The molecule has 1 saturated carbocycles. The van der Waals surface area contributed by atoms with E-state index in [9.17, 15) is 17.6 Å². The highest BCUT2D eigenvalue weighted by Crippen LogP contribution is 2.40. The Bertz CT molecular complexity index is 6290. The number of thiophene rings is 2. The number of para-hydroxylation sites is 4. The molecule has 8 aromatic carbocycles. The highest BCUT2D eigenvalue weighted by Gasteiger charge is 2.30. The first-order valence-corrected chi connectivity index (χ1v) is 45.7. The molecule has 0 unspecified atom stereocenters. The van der Waals surface area contributed by atoms with Crippen LogP contribution in [0.2, 0.25) is 0 Å². The fraction of sp³-hybridized carbons (Fsp3) is 0.307. The van der Waals surface area contributed by atoms with E-state index in [0.29, 0.717) is 82.6 Å². The quantitative estimate of drug-likeness (QED) is 0.0214. The molecule has 656 valence electrons. The van der Waals surface area contributed by atoms with E-state index in [1.165, 1.54) is 63.1 Å². The summed E-state index contributed by atoms with van der Waals surface area (Å²) < 4.78 is 55.6. The van der Waals surface area contributed by atoms with Gasteiger partial charge in [-0.2, -0.15) is 19.9 Å². The van der Waals surface area contributed by atoms with Gasteiger partial charge in [-0.25, -0.2) is 37.5 Å². The van der Waals surface area contributed by atoms with Crippen molar-refractivity contribution in [2.24, 2.45) is 17.6 Å². The lowest BCUT2D eigenvalue weighted by Gasteiger charge is -2.23. The number of rotatable bonds is 27. The van der Waals surface area contributed by atoms with Crippen LogP contribution in [0.1, 0.15) is 151 Å². The van der Waals surface area contributed by atoms with Crippen molar-refractivity contribution in [1.82, 2.24) is 55.4 Å². The smallest absolute Gasteiger partial charge is 0.229 e. The zero-order valence-corrected chi connectivity index (χ0v) is 75.3. The van der Waals surface area contributed by atoms with Crippen LogP contribution in [0.25, 0.3) is 60.3 Å². The van der Waals surface area contributed by atoms with E-state index in [2.05, 4.69) is 202 Å². The molecule has 0 radical (unpaired) electrons. The van der Waals surface area contributed by atoms with Crippen molar-refractivity contribution >= 4 is 147 Å². The number of likely N-dealkylation sites (N-methyl/N-ethyl adjacent to an activating group) is 1. The first kappa shape index (κ1) is 89.5. The third-order valence-corrected chi connectivity index (χ3v) is 25.9. The second kappa shape index (κ2) is 41.9.